The highest BCUT2D eigenvalue weighted by molar-refractivity contribution is 7.82. The van der Waals surface area contributed by atoms with Gasteiger partial charge in [0.05, 0.1) is 4.90 Å². The fraction of sp³-hybridized carbons (Fsp3) is 0.333. The summed E-state index contributed by atoms with van der Waals surface area (Å²) in [4.78, 5) is 0.897. The molecule has 1 saturated heterocycles. The van der Waals surface area contributed by atoms with Crippen molar-refractivity contribution >= 4 is 11.0 Å². The molecule has 1 aromatic rings. The van der Waals surface area contributed by atoms with Crippen LogP contribution in [0.1, 0.15) is 6.92 Å². The van der Waals surface area contributed by atoms with E-state index in [0.29, 0.717) is 11.8 Å². The Morgan fingerprint density at radius 2 is 2.00 bits per heavy atom. The van der Waals surface area contributed by atoms with E-state index in [1.165, 1.54) is 5.57 Å². The van der Waals surface area contributed by atoms with Gasteiger partial charge in [-0.2, -0.15) is 0 Å². The largest absolute Gasteiger partial charge is 0.237 e. The number of rotatable bonds is 2. The van der Waals surface area contributed by atoms with Crippen molar-refractivity contribution in [3.05, 3.63) is 54.1 Å². The molecule has 0 radical (unpaired) electrons. The summed E-state index contributed by atoms with van der Waals surface area (Å²) in [7, 11) is -1.03. The van der Waals surface area contributed by atoms with E-state index in [-0.39, 0.29) is 0 Å². The van der Waals surface area contributed by atoms with Gasteiger partial charge in [0.25, 0.3) is 0 Å². The molecule has 94 valence electrons. The zero-order valence-electron chi connectivity index (χ0n) is 10.5. The molecule has 2 nitrogen and oxygen atoms in total. The van der Waals surface area contributed by atoms with Crippen molar-refractivity contribution in [3.63, 3.8) is 0 Å². The zero-order valence-corrected chi connectivity index (χ0v) is 11.3. The van der Waals surface area contributed by atoms with Gasteiger partial charge in [-0.25, -0.2) is 8.51 Å². The van der Waals surface area contributed by atoms with Gasteiger partial charge in [-0.1, -0.05) is 48.9 Å². The molecule has 0 N–H and O–H groups in total. The van der Waals surface area contributed by atoms with Crippen LogP contribution in [0.25, 0.3) is 0 Å². The smallest absolute Gasteiger partial charge is 0.127 e. The molecule has 0 aromatic heterocycles. The third-order valence-electron chi connectivity index (χ3n) is 3.54. The third-order valence-corrected chi connectivity index (χ3v) is 4.96. The van der Waals surface area contributed by atoms with Crippen LogP contribution in [0.15, 0.2) is 59.0 Å². The Morgan fingerprint density at radius 3 is 2.78 bits per heavy atom. The fourth-order valence-corrected chi connectivity index (χ4v) is 3.85. The second-order valence-corrected chi connectivity index (χ2v) is 6.46. The van der Waals surface area contributed by atoms with Gasteiger partial charge in [-0.3, -0.25) is 0 Å². The molecule has 1 heterocycles. The minimum Gasteiger partial charge on any atom is -0.237 e. The quantitative estimate of drug-likeness (QED) is 0.748. The summed E-state index contributed by atoms with van der Waals surface area (Å²) in [6.45, 7) is 3.90. The van der Waals surface area contributed by atoms with E-state index in [1.807, 2.05) is 30.3 Å². The zero-order chi connectivity index (χ0) is 12.5. The van der Waals surface area contributed by atoms with Gasteiger partial charge < -0.3 is 0 Å². The Kier molecular flexibility index (Phi) is 3.18. The Labute approximate surface area is 111 Å². The summed E-state index contributed by atoms with van der Waals surface area (Å²) < 4.78 is 14.5. The van der Waals surface area contributed by atoms with Gasteiger partial charge in [0.15, 0.2) is 0 Å². The predicted octanol–water partition coefficient (Wildman–Crippen LogP) is 2.77. The first-order valence-electron chi connectivity index (χ1n) is 6.35. The van der Waals surface area contributed by atoms with Crippen molar-refractivity contribution in [3.8, 4) is 0 Å². The molecule has 1 unspecified atom stereocenters. The maximum atomic E-state index is 12.5. The SMILES string of the molecule is C[C@@H]1C=C[C@@H]2CN(S(=O)c3ccccc3)CC2=C1. The number of nitrogens with zero attached hydrogens (tertiary/aromatic N) is 1. The molecule has 0 bridgehead atoms. The van der Waals surface area contributed by atoms with Crippen molar-refractivity contribution in [2.24, 2.45) is 11.8 Å². The highest BCUT2D eigenvalue weighted by Crippen LogP contribution is 2.31. The topological polar surface area (TPSA) is 20.3 Å². The highest BCUT2D eigenvalue weighted by atomic mass is 32.2. The van der Waals surface area contributed by atoms with Crippen LogP contribution < -0.4 is 0 Å². The molecule has 1 fully saturated rings. The van der Waals surface area contributed by atoms with Gasteiger partial charge in [-0.15, -0.1) is 0 Å². The van der Waals surface area contributed by atoms with Crippen LogP contribution in [-0.2, 0) is 11.0 Å². The highest BCUT2D eigenvalue weighted by Gasteiger charge is 2.31. The molecule has 2 aliphatic rings. The summed E-state index contributed by atoms with van der Waals surface area (Å²) in [5.41, 5.74) is 1.43. The maximum absolute atomic E-state index is 12.5. The van der Waals surface area contributed by atoms with Crippen molar-refractivity contribution in [1.29, 1.82) is 0 Å². The molecule has 0 amide bonds. The molecule has 3 atom stereocenters. The average Bonchev–Trinajstić information content (AvgIpc) is 2.81. The summed E-state index contributed by atoms with van der Waals surface area (Å²) in [6.07, 6.45) is 6.82. The van der Waals surface area contributed by atoms with Crippen molar-refractivity contribution < 1.29 is 4.21 Å². The average molecular weight is 259 g/mol. The summed E-state index contributed by atoms with van der Waals surface area (Å²) in [6, 6.07) is 9.71. The Bertz CT molecular complexity index is 521. The lowest BCUT2D eigenvalue weighted by Crippen LogP contribution is -2.23. The van der Waals surface area contributed by atoms with Crippen LogP contribution in [0.2, 0.25) is 0 Å². The second-order valence-electron chi connectivity index (χ2n) is 4.98. The van der Waals surface area contributed by atoms with Crippen LogP contribution in [0, 0.1) is 11.8 Å². The summed E-state index contributed by atoms with van der Waals surface area (Å²) >= 11 is 0. The number of hydrogen-bond acceptors (Lipinski definition) is 1. The predicted molar refractivity (Wildman–Crippen MR) is 74.3 cm³/mol. The molecule has 3 rings (SSSR count). The molecule has 1 aromatic carbocycles. The molecule has 1 aliphatic carbocycles. The van der Waals surface area contributed by atoms with E-state index in [1.54, 1.807) is 0 Å². The standard InChI is InChI=1S/C15H17NOS/c1-12-7-8-13-10-16(11-14(13)9-12)18(17)15-5-3-2-4-6-15/h2-9,12-13H,10-11H2,1H3/t12-,13-,18?/m1/s1. The van der Waals surface area contributed by atoms with Gasteiger partial charge in [-0.05, 0) is 18.1 Å². The third kappa shape index (κ3) is 2.20. The lowest BCUT2D eigenvalue weighted by atomic mass is 9.92. The number of hydrogen-bond donors (Lipinski definition) is 0. The number of fused-ring (bicyclic) bond motifs is 1. The van der Waals surface area contributed by atoms with Gasteiger partial charge >= 0.3 is 0 Å². The minimum absolute atomic E-state index is 0.467. The van der Waals surface area contributed by atoms with Crippen LogP contribution in [0.3, 0.4) is 0 Å². The van der Waals surface area contributed by atoms with E-state index < -0.39 is 11.0 Å². The van der Waals surface area contributed by atoms with E-state index >= 15 is 0 Å². The molecule has 3 heteroatoms. The first-order valence-corrected chi connectivity index (χ1v) is 7.45. The molecular weight excluding hydrogens is 242 g/mol. The second kappa shape index (κ2) is 4.82. The summed E-state index contributed by atoms with van der Waals surface area (Å²) in [5, 5.41) is 0. The van der Waals surface area contributed by atoms with Crippen molar-refractivity contribution in [1.82, 2.24) is 4.31 Å². The van der Waals surface area contributed by atoms with Gasteiger partial charge in [0.2, 0.25) is 0 Å². The van der Waals surface area contributed by atoms with Gasteiger partial charge in [0.1, 0.15) is 11.0 Å². The first kappa shape index (κ1) is 11.9. The monoisotopic (exact) mass is 259 g/mol. The van der Waals surface area contributed by atoms with Crippen LogP contribution in [0.4, 0.5) is 0 Å². The Balaban J connectivity index is 1.79. The molecular formula is C15H17NOS. The van der Waals surface area contributed by atoms with E-state index in [0.717, 1.165) is 18.0 Å². The van der Waals surface area contributed by atoms with Crippen LogP contribution in [-0.4, -0.2) is 21.6 Å². The van der Waals surface area contributed by atoms with Gasteiger partial charge in [0, 0.05) is 19.0 Å². The molecule has 0 saturated carbocycles. The molecule has 0 spiro atoms. The molecule has 1 aliphatic heterocycles. The van der Waals surface area contributed by atoms with Crippen LogP contribution >= 0.6 is 0 Å². The van der Waals surface area contributed by atoms with Crippen molar-refractivity contribution in [2.45, 2.75) is 11.8 Å². The van der Waals surface area contributed by atoms with Crippen molar-refractivity contribution in [2.75, 3.05) is 13.1 Å². The van der Waals surface area contributed by atoms with E-state index in [2.05, 4.69) is 29.5 Å². The van der Waals surface area contributed by atoms with Crippen LogP contribution in [0.5, 0.6) is 0 Å². The normalized spacial score (nSPS) is 28.8. The molecule has 18 heavy (non-hydrogen) atoms. The lowest BCUT2D eigenvalue weighted by molar-refractivity contribution is 0.524. The lowest BCUT2D eigenvalue weighted by Gasteiger charge is -2.13. The number of allylic oxidation sites excluding steroid dienone is 2. The Morgan fingerprint density at radius 1 is 1.22 bits per heavy atom. The number of benzene rings is 1. The first-order chi connectivity index (χ1) is 8.74. The Hall–Kier alpha value is -1.19. The minimum atomic E-state index is -1.03. The van der Waals surface area contributed by atoms with E-state index in [4.69, 9.17) is 0 Å². The fourth-order valence-electron chi connectivity index (χ4n) is 2.60. The summed E-state index contributed by atoms with van der Waals surface area (Å²) in [5.74, 6) is 0.982. The van der Waals surface area contributed by atoms with E-state index in [9.17, 15) is 4.21 Å². The maximum Gasteiger partial charge on any atom is 0.127 e.